The van der Waals surface area contributed by atoms with Crippen molar-refractivity contribution in [3.8, 4) is 0 Å². The maximum absolute atomic E-state index is 12.5. The summed E-state index contributed by atoms with van der Waals surface area (Å²) in [6, 6.07) is 9.43. The van der Waals surface area contributed by atoms with Crippen LogP contribution in [0.5, 0.6) is 0 Å². The number of rotatable bonds is 4. The number of para-hydroxylation sites is 1. The van der Waals surface area contributed by atoms with E-state index in [-0.39, 0.29) is 24.2 Å². The molecule has 26 heavy (non-hydrogen) atoms. The fourth-order valence-electron chi connectivity index (χ4n) is 3.45. The van der Waals surface area contributed by atoms with Crippen LogP contribution in [0.3, 0.4) is 0 Å². The number of hydrogen-bond acceptors (Lipinski definition) is 5. The first-order valence-corrected chi connectivity index (χ1v) is 8.94. The molecule has 1 N–H and O–H groups in total. The van der Waals surface area contributed by atoms with Crippen molar-refractivity contribution in [1.82, 2.24) is 9.97 Å². The minimum absolute atomic E-state index is 0.0306. The lowest BCUT2D eigenvalue weighted by atomic mass is 10.1. The van der Waals surface area contributed by atoms with E-state index in [9.17, 15) is 9.59 Å². The van der Waals surface area contributed by atoms with Crippen molar-refractivity contribution in [2.75, 3.05) is 34.8 Å². The molecule has 4 rings (SSSR count). The molecule has 2 aliphatic heterocycles. The fourth-order valence-corrected chi connectivity index (χ4v) is 3.45. The van der Waals surface area contributed by atoms with Crippen molar-refractivity contribution in [3.05, 3.63) is 42.7 Å². The Kier molecular flexibility index (Phi) is 4.51. The molecule has 2 saturated heterocycles. The number of nitrogens with one attached hydrogen (secondary N) is 1. The van der Waals surface area contributed by atoms with Crippen molar-refractivity contribution in [2.24, 2.45) is 5.92 Å². The van der Waals surface area contributed by atoms with Crippen LogP contribution >= 0.6 is 0 Å². The average Bonchev–Trinajstić information content (AvgIpc) is 3.33. The second-order valence-corrected chi connectivity index (χ2v) is 6.70. The van der Waals surface area contributed by atoms with Gasteiger partial charge in [0.15, 0.2) is 0 Å². The highest BCUT2D eigenvalue weighted by atomic mass is 16.2. The van der Waals surface area contributed by atoms with Crippen LogP contribution < -0.4 is 15.1 Å². The SMILES string of the molecule is O=C(Nc1cnc(N2CCCC2)nc1)C1CC(=O)N(c2ccccc2)C1. The van der Waals surface area contributed by atoms with Gasteiger partial charge in [-0.3, -0.25) is 9.59 Å². The van der Waals surface area contributed by atoms with E-state index in [1.807, 2.05) is 30.3 Å². The topological polar surface area (TPSA) is 78.4 Å². The van der Waals surface area contributed by atoms with Gasteiger partial charge in [-0.15, -0.1) is 0 Å². The summed E-state index contributed by atoms with van der Waals surface area (Å²) in [6.07, 6.45) is 5.80. The number of carbonyl (C=O) groups excluding carboxylic acids is 2. The van der Waals surface area contributed by atoms with E-state index in [2.05, 4.69) is 20.2 Å². The van der Waals surface area contributed by atoms with Crippen molar-refractivity contribution in [2.45, 2.75) is 19.3 Å². The largest absolute Gasteiger partial charge is 0.341 e. The van der Waals surface area contributed by atoms with Crippen molar-refractivity contribution >= 4 is 29.1 Å². The molecule has 1 atom stereocenters. The lowest BCUT2D eigenvalue weighted by Crippen LogP contribution is -2.28. The van der Waals surface area contributed by atoms with Crippen LogP contribution in [0.1, 0.15) is 19.3 Å². The molecular weight excluding hydrogens is 330 g/mol. The molecule has 0 aliphatic carbocycles. The number of hydrogen-bond donors (Lipinski definition) is 1. The lowest BCUT2D eigenvalue weighted by molar-refractivity contribution is -0.122. The molecule has 2 fully saturated rings. The molecule has 2 aromatic rings. The molecule has 0 bridgehead atoms. The van der Waals surface area contributed by atoms with Crippen LogP contribution in [0, 0.1) is 5.92 Å². The second kappa shape index (κ2) is 7.11. The Morgan fingerprint density at radius 3 is 2.46 bits per heavy atom. The Hall–Kier alpha value is -2.96. The molecule has 134 valence electrons. The number of nitrogens with zero attached hydrogens (tertiary/aromatic N) is 4. The molecule has 0 spiro atoms. The predicted molar refractivity (Wildman–Crippen MR) is 99.0 cm³/mol. The quantitative estimate of drug-likeness (QED) is 0.912. The van der Waals surface area contributed by atoms with E-state index < -0.39 is 0 Å². The Morgan fingerprint density at radius 1 is 1.08 bits per heavy atom. The van der Waals surface area contributed by atoms with Crippen LogP contribution in [0.15, 0.2) is 42.7 Å². The monoisotopic (exact) mass is 351 g/mol. The van der Waals surface area contributed by atoms with Gasteiger partial charge in [-0.2, -0.15) is 0 Å². The number of carbonyl (C=O) groups is 2. The zero-order chi connectivity index (χ0) is 17.9. The zero-order valence-corrected chi connectivity index (χ0v) is 14.5. The molecule has 1 aromatic carbocycles. The van der Waals surface area contributed by atoms with Crippen LogP contribution in [0.2, 0.25) is 0 Å². The van der Waals surface area contributed by atoms with Crippen LogP contribution in [-0.2, 0) is 9.59 Å². The summed E-state index contributed by atoms with van der Waals surface area (Å²) in [6.45, 7) is 2.35. The first-order valence-electron chi connectivity index (χ1n) is 8.94. The third-order valence-electron chi connectivity index (χ3n) is 4.86. The number of benzene rings is 1. The Balaban J connectivity index is 1.38. The molecule has 2 amide bonds. The van der Waals surface area contributed by atoms with Crippen LogP contribution in [-0.4, -0.2) is 41.4 Å². The Bertz CT molecular complexity index is 787. The number of amides is 2. The van der Waals surface area contributed by atoms with E-state index in [1.54, 1.807) is 17.3 Å². The molecule has 3 heterocycles. The van der Waals surface area contributed by atoms with Gasteiger partial charge < -0.3 is 15.1 Å². The summed E-state index contributed by atoms with van der Waals surface area (Å²) in [5, 5.41) is 2.83. The van der Waals surface area contributed by atoms with Gasteiger partial charge >= 0.3 is 0 Å². The summed E-state index contributed by atoms with van der Waals surface area (Å²) in [7, 11) is 0. The first-order chi connectivity index (χ1) is 12.7. The van der Waals surface area contributed by atoms with Gasteiger partial charge in [0.25, 0.3) is 0 Å². The van der Waals surface area contributed by atoms with Crippen LogP contribution in [0.25, 0.3) is 0 Å². The standard InChI is InChI=1S/C19H21N5O2/c25-17-10-14(13-24(17)16-6-2-1-3-7-16)18(26)22-15-11-20-19(21-12-15)23-8-4-5-9-23/h1-3,6-7,11-12,14H,4-5,8-10,13H2,(H,22,26). The third-order valence-corrected chi connectivity index (χ3v) is 4.86. The van der Waals surface area contributed by atoms with Gasteiger partial charge in [0.05, 0.1) is 24.0 Å². The molecule has 2 aliphatic rings. The second-order valence-electron chi connectivity index (χ2n) is 6.70. The third kappa shape index (κ3) is 3.37. The van der Waals surface area contributed by atoms with Gasteiger partial charge in [0.2, 0.25) is 17.8 Å². The summed E-state index contributed by atoms with van der Waals surface area (Å²) >= 11 is 0. The average molecular weight is 351 g/mol. The van der Waals surface area contributed by atoms with Gasteiger partial charge in [-0.25, -0.2) is 9.97 Å². The van der Waals surface area contributed by atoms with Gasteiger partial charge in [0, 0.05) is 31.7 Å². The highest BCUT2D eigenvalue weighted by Crippen LogP contribution is 2.26. The minimum Gasteiger partial charge on any atom is -0.341 e. The summed E-state index contributed by atoms with van der Waals surface area (Å²) in [5.74, 6) is 0.124. The van der Waals surface area contributed by atoms with E-state index >= 15 is 0 Å². The maximum Gasteiger partial charge on any atom is 0.229 e. The van der Waals surface area contributed by atoms with Crippen molar-refractivity contribution < 1.29 is 9.59 Å². The zero-order valence-electron chi connectivity index (χ0n) is 14.5. The lowest BCUT2D eigenvalue weighted by Gasteiger charge is -2.17. The van der Waals surface area contributed by atoms with Crippen molar-refractivity contribution in [3.63, 3.8) is 0 Å². The molecule has 7 nitrogen and oxygen atoms in total. The van der Waals surface area contributed by atoms with Gasteiger partial charge in [-0.1, -0.05) is 18.2 Å². The predicted octanol–water partition coefficient (Wildman–Crippen LogP) is 2.07. The molecular formula is C19H21N5O2. The van der Waals surface area contributed by atoms with E-state index in [4.69, 9.17) is 0 Å². The number of aromatic nitrogens is 2. The summed E-state index contributed by atoms with van der Waals surface area (Å²) in [5.41, 5.74) is 1.38. The van der Waals surface area contributed by atoms with E-state index in [0.29, 0.717) is 18.2 Å². The van der Waals surface area contributed by atoms with Gasteiger partial charge in [0.1, 0.15) is 0 Å². The van der Waals surface area contributed by atoms with E-state index in [1.165, 1.54) is 0 Å². The first kappa shape index (κ1) is 16.5. The van der Waals surface area contributed by atoms with E-state index in [0.717, 1.165) is 31.6 Å². The highest BCUT2D eigenvalue weighted by molar-refractivity contribution is 6.03. The summed E-state index contributed by atoms with van der Waals surface area (Å²) < 4.78 is 0. The van der Waals surface area contributed by atoms with Crippen LogP contribution in [0.4, 0.5) is 17.3 Å². The molecule has 0 radical (unpaired) electrons. The smallest absolute Gasteiger partial charge is 0.229 e. The molecule has 0 saturated carbocycles. The molecule has 7 heteroatoms. The summed E-state index contributed by atoms with van der Waals surface area (Å²) in [4.78, 5) is 37.3. The number of anilines is 3. The van der Waals surface area contributed by atoms with Crippen molar-refractivity contribution in [1.29, 1.82) is 0 Å². The Labute approximate surface area is 152 Å². The Morgan fingerprint density at radius 2 is 1.77 bits per heavy atom. The minimum atomic E-state index is -0.374. The molecule has 1 aromatic heterocycles. The normalized spacial score (nSPS) is 19.8. The molecule has 1 unspecified atom stereocenters. The maximum atomic E-state index is 12.5. The highest BCUT2D eigenvalue weighted by Gasteiger charge is 2.35. The van der Waals surface area contributed by atoms with Gasteiger partial charge in [-0.05, 0) is 25.0 Å². The fraction of sp³-hybridized carbons (Fsp3) is 0.368.